The Hall–Kier alpha value is -1.84. The summed E-state index contributed by atoms with van der Waals surface area (Å²) in [6.07, 6.45) is 2.81. The van der Waals surface area contributed by atoms with E-state index in [1.54, 1.807) is 12.1 Å². The van der Waals surface area contributed by atoms with Crippen LogP contribution in [0.25, 0.3) is 0 Å². The number of carbonyl (C=O) groups excluding carboxylic acids is 1. The van der Waals surface area contributed by atoms with E-state index in [1.165, 1.54) is 0 Å². The highest BCUT2D eigenvalue weighted by Gasteiger charge is 2.34. The van der Waals surface area contributed by atoms with Gasteiger partial charge < -0.3 is 9.84 Å². The Morgan fingerprint density at radius 1 is 1.26 bits per heavy atom. The molecule has 1 aromatic carbocycles. The number of rotatable bonds is 4. The third-order valence-electron chi connectivity index (χ3n) is 3.69. The summed E-state index contributed by atoms with van der Waals surface area (Å²) in [4.78, 5) is 22.7. The van der Waals surface area contributed by atoms with Gasteiger partial charge in [0, 0.05) is 0 Å². The van der Waals surface area contributed by atoms with Crippen molar-refractivity contribution in [3.63, 3.8) is 0 Å². The summed E-state index contributed by atoms with van der Waals surface area (Å²) in [5.41, 5.74) is 1.30. The molecule has 19 heavy (non-hydrogen) atoms. The average molecular weight is 262 g/mol. The summed E-state index contributed by atoms with van der Waals surface area (Å²) in [5.74, 6) is -0.996. The van der Waals surface area contributed by atoms with Crippen LogP contribution in [0.15, 0.2) is 24.3 Å². The Balaban J connectivity index is 2.15. The lowest BCUT2D eigenvalue weighted by molar-refractivity contribution is -0.148. The maximum atomic E-state index is 11.9. The van der Waals surface area contributed by atoms with Crippen LogP contribution in [0.2, 0.25) is 0 Å². The molecule has 0 saturated heterocycles. The molecular weight excluding hydrogens is 244 g/mol. The van der Waals surface area contributed by atoms with Crippen molar-refractivity contribution in [2.45, 2.75) is 32.1 Å². The van der Waals surface area contributed by atoms with Crippen molar-refractivity contribution in [2.24, 2.45) is 5.92 Å². The van der Waals surface area contributed by atoms with Crippen molar-refractivity contribution in [1.29, 1.82) is 0 Å². The van der Waals surface area contributed by atoms with E-state index < -0.39 is 5.97 Å². The number of aromatic carboxylic acids is 1. The summed E-state index contributed by atoms with van der Waals surface area (Å²) in [5, 5.41) is 8.88. The van der Waals surface area contributed by atoms with Crippen LogP contribution >= 0.6 is 0 Å². The number of carboxylic acids is 1. The zero-order chi connectivity index (χ0) is 13.8. The first-order valence-electron chi connectivity index (χ1n) is 6.63. The van der Waals surface area contributed by atoms with Gasteiger partial charge in [0.25, 0.3) is 0 Å². The maximum Gasteiger partial charge on any atom is 0.335 e. The van der Waals surface area contributed by atoms with Crippen LogP contribution in [-0.4, -0.2) is 23.7 Å². The predicted molar refractivity (Wildman–Crippen MR) is 70.1 cm³/mol. The van der Waals surface area contributed by atoms with E-state index in [-0.39, 0.29) is 23.4 Å². The smallest absolute Gasteiger partial charge is 0.335 e. The Morgan fingerprint density at radius 3 is 2.53 bits per heavy atom. The molecule has 1 saturated carbocycles. The van der Waals surface area contributed by atoms with Crippen LogP contribution in [-0.2, 0) is 9.53 Å². The highest BCUT2D eigenvalue weighted by Crippen LogP contribution is 2.40. The van der Waals surface area contributed by atoms with Gasteiger partial charge in [-0.2, -0.15) is 0 Å². The molecule has 2 atom stereocenters. The standard InChI is InChI=1S/C15H18O4/c1-2-19-15(18)13-5-3-4-12(13)10-6-8-11(9-7-10)14(16)17/h6-9,12-13H,2-5H2,1H3,(H,16,17). The summed E-state index contributed by atoms with van der Waals surface area (Å²) in [7, 11) is 0. The predicted octanol–water partition coefficient (Wildman–Crippen LogP) is 2.83. The van der Waals surface area contributed by atoms with Crippen LogP contribution < -0.4 is 0 Å². The highest BCUT2D eigenvalue weighted by atomic mass is 16.5. The maximum absolute atomic E-state index is 11.9. The van der Waals surface area contributed by atoms with Crippen molar-refractivity contribution in [1.82, 2.24) is 0 Å². The zero-order valence-electron chi connectivity index (χ0n) is 11.0. The fraction of sp³-hybridized carbons (Fsp3) is 0.467. The molecule has 0 heterocycles. The van der Waals surface area contributed by atoms with Gasteiger partial charge >= 0.3 is 11.9 Å². The molecule has 4 nitrogen and oxygen atoms in total. The minimum absolute atomic E-state index is 0.0874. The van der Waals surface area contributed by atoms with E-state index in [0.717, 1.165) is 24.8 Å². The van der Waals surface area contributed by atoms with Crippen molar-refractivity contribution in [2.75, 3.05) is 6.61 Å². The topological polar surface area (TPSA) is 63.6 Å². The monoisotopic (exact) mass is 262 g/mol. The first-order chi connectivity index (χ1) is 9.13. The molecule has 0 amide bonds. The summed E-state index contributed by atoms with van der Waals surface area (Å²) in [6.45, 7) is 2.21. The van der Waals surface area contributed by atoms with Gasteiger partial charge in [0.2, 0.25) is 0 Å². The lowest BCUT2D eigenvalue weighted by Crippen LogP contribution is -2.20. The summed E-state index contributed by atoms with van der Waals surface area (Å²) in [6, 6.07) is 6.81. The van der Waals surface area contributed by atoms with E-state index >= 15 is 0 Å². The quantitative estimate of drug-likeness (QED) is 0.847. The third kappa shape index (κ3) is 2.95. The van der Waals surface area contributed by atoms with Gasteiger partial charge in [-0.05, 0) is 43.4 Å². The van der Waals surface area contributed by atoms with Gasteiger partial charge in [-0.3, -0.25) is 4.79 Å². The number of carbonyl (C=O) groups is 2. The normalized spacial score (nSPS) is 22.2. The number of hydrogen-bond donors (Lipinski definition) is 1. The second-order valence-electron chi connectivity index (χ2n) is 4.82. The van der Waals surface area contributed by atoms with E-state index in [2.05, 4.69) is 0 Å². The molecule has 0 aromatic heterocycles. The molecule has 1 fully saturated rings. The van der Waals surface area contributed by atoms with Crippen molar-refractivity contribution in [3.8, 4) is 0 Å². The van der Waals surface area contributed by atoms with Crippen LogP contribution in [0.1, 0.15) is 48.0 Å². The van der Waals surface area contributed by atoms with Gasteiger partial charge in [0.1, 0.15) is 0 Å². The van der Waals surface area contributed by atoms with Gasteiger partial charge in [-0.1, -0.05) is 18.6 Å². The molecule has 0 spiro atoms. The molecule has 4 heteroatoms. The van der Waals surface area contributed by atoms with Crippen LogP contribution in [0.5, 0.6) is 0 Å². The van der Waals surface area contributed by atoms with Gasteiger partial charge in [0.15, 0.2) is 0 Å². The lowest BCUT2D eigenvalue weighted by atomic mass is 9.88. The Labute approximate surface area is 112 Å². The molecule has 102 valence electrons. The first kappa shape index (κ1) is 13.6. The molecule has 2 unspecified atom stereocenters. The molecule has 1 aliphatic rings. The number of carboxylic acid groups (broad SMARTS) is 1. The van der Waals surface area contributed by atoms with Crippen LogP contribution in [0.4, 0.5) is 0 Å². The minimum Gasteiger partial charge on any atom is -0.478 e. The first-order valence-corrected chi connectivity index (χ1v) is 6.63. The van der Waals surface area contributed by atoms with Gasteiger partial charge in [-0.25, -0.2) is 4.79 Å². The van der Waals surface area contributed by atoms with Crippen LogP contribution in [0, 0.1) is 5.92 Å². The number of hydrogen-bond acceptors (Lipinski definition) is 3. The second-order valence-corrected chi connectivity index (χ2v) is 4.82. The van der Waals surface area contributed by atoms with E-state index in [4.69, 9.17) is 9.84 Å². The summed E-state index contributed by atoms with van der Waals surface area (Å²) < 4.78 is 5.11. The van der Waals surface area contributed by atoms with Crippen molar-refractivity contribution in [3.05, 3.63) is 35.4 Å². The SMILES string of the molecule is CCOC(=O)C1CCCC1c1ccc(C(=O)O)cc1. The van der Waals surface area contributed by atoms with E-state index in [1.807, 2.05) is 19.1 Å². The van der Waals surface area contributed by atoms with Gasteiger partial charge in [0.05, 0.1) is 18.1 Å². The number of ether oxygens (including phenoxy) is 1. The minimum atomic E-state index is -0.931. The lowest BCUT2D eigenvalue weighted by Gasteiger charge is -2.18. The van der Waals surface area contributed by atoms with Crippen molar-refractivity contribution >= 4 is 11.9 Å². The summed E-state index contributed by atoms with van der Waals surface area (Å²) >= 11 is 0. The molecule has 1 aliphatic carbocycles. The molecular formula is C15H18O4. The second kappa shape index (κ2) is 5.87. The fourth-order valence-electron chi connectivity index (χ4n) is 2.76. The molecule has 0 radical (unpaired) electrons. The third-order valence-corrected chi connectivity index (χ3v) is 3.69. The fourth-order valence-corrected chi connectivity index (χ4v) is 2.76. The number of esters is 1. The van der Waals surface area contributed by atoms with E-state index in [0.29, 0.717) is 6.61 Å². The molecule has 1 N–H and O–H groups in total. The number of benzene rings is 1. The van der Waals surface area contributed by atoms with Gasteiger partial charge in [-0.15, -0.1) is 0 Å². The zero-order valence-corrected chi connectivity index (χ0v) is 11.0. The largest absolute Gasteiger partial charge is 0.478 e. The average Bonchev–Trinajstić information content (AvgIpc) is 2.88. The Bertz CT molecular complexity index is 464. The van der Waals surface area contributed by atoms with E-state index in [9.17, 15) is 9.59 Å². The van der Waals surface area contributed by atoms with Crippen molar-refractivity contribution < 1.29 is 19.4 Å². The molecule has 1 aromatic rings. The Kier molecular flexibility index (Phi) is 4.20. The highest BCUT2D eigenvalue weighted by molar-refractivity contribution is 5.87. The molecule has 0 aliphatic heterocycles. The van der Waals surface area contributed by atoms with Crippen LogP contribution in [0.3, 0.4) is 0 Å². The molecule has 2 rings (SSSR count). The Morgan fingerprint density at radius 2 is 1.95 bits per heavy atom. The molecule has 0 bridgehead atoms.